The largest absolute Gasteiger partial charge is 0.496 e. The molecule has 0 aliphatic rings. The van der Waals surface area contributed by atoms with Crippen LogP contribution in [-0.4, -0.2) is 31.0 Å². The van der Waals surface area contributed by atoms with E-state index in [2.05, 4.69) is 0 Å². The molecule has 0 amide bonds. The lowest BCUT2D eigenvalue weighted by molar-refractivity contribution is -0.385. The van der Waals surface area contributed by atoms with Gasteiger partial charge in [0.25, 0.3) is 5.69 Å². The standard InChI is InChI=1S/C11H13IN2O3/c1-13(2)5-4-8-6-11(17-3)9(12)7-10(8)14(15)16/h4-7H,1-3H3. The van der Waals surface area contributed by atoms with Crippen molar-refractivity contribution in [3.05, 3.63) is 37.6 Å². The molecule has 0 fully saturated rings. The molecule has 1 rings (SSSR count). The molecule has 0 saturated carbocycles. The predicted molar refractivity (Wildman–Crippen MR) is 75.1 cm³/mol. The summed E-state index contributed by atoms with van der Waals surface area (Å²) in [6, 6.07) is 3.18. The number of nitrogens with zero attached hydrogens (tertiary/aromatic N) is 2. The number of halogens is 1. The molecule has 0 heterocycles. The van der Waals surface area contributed by atoms with Crippen LogP contribution in [0.4, 0.5) is 5.69 Å². The monoisotopic (exact) mass is 348 g/mol. The molecule has 17 heavy (non-hydrogen) atoms. The summed E-state index contributed by atoms with van der Waals surface area (Å²) in [7, 11) is 5.25. The summed E-state index contributed by atoms with van der Waals surface area (Å²) in [5.74, 6) is 0.634. The van der Waals surface area contributed by atoms with Crippen molar-refractivity contribution < 1.29 is 9.66 Å². The van der Waals surface area contributed by atoms with Gasteiger partial charge in [-0.1, -0.05) is 0 Å². The van der Waals surface area contributed by atoms with Crippen LogP contribution in [0.15, 0.2) is 18.3 Å². The molecule has 0 atom stereocenters. The van der Waals surface area contributed by atoms with E-state index in [1.165, 1.54) is 6.07 Å². The summed E-state index contributed by atoms with van der Waals surface area (Å²) in [4.78, 5) is 12.4. The number of hydrogen-bond donors (Lipinski definition) is 0. The van der Waals surface area contributed by atoms with E-state index in [4.69, 9.17) is 4.74 Å². The fourth-order valence-corrected chi connectivity index (χ4v) is 1.91. The van der Waals surface area contributed by atoms with Crippen LogP contribution in [-0.2, 0) is 0 Å². The van der Waals surface area contributed by atoms with Crippen molar-refractivity contribution in [2.45, 2.75) is 0 Å². The van der Waals surface area contributed by atoms with Gasteiger partial charge in [-0.25, -0.2) is 0 Å². The van der Waals surface area contributed by atoms with E-state index in [9.17, 15) is 10.1 Å². The highest BCUT2D eigenvalue weighted by molar-refractivity contribution is 14.1. The van der Waals surface area contributed by atoms with Gasteiger partial charge in [0.2, 0.25) is 0 Å². The molecular formula is C11H13IN2O3. The number of hydrogen-bond acceptors (Lipinski definition) is 4. The molecule has 0 radical (unpaired) electrons. The minimum absolute atomic E-state index is 0.0771. The van der Waals surface area contributed by atoms with Gasteiger partial charge in [0, 0.05) is 20.2 Å². The van der Waals surface area contributed by atoms with Crippen LogP contribution < -0.4 is 4.74 Å². The molecule has 0 unspecified atom stereocenters. The summed E-state index contributed by atoms with van der Waals surface area (Å²) in [6.07, 6.45) is 3.45. The van der Waals surface area contributed by atoms with Crippen LogP contribution in [0.2, 0.25) is 0 Å². The SMILES string of the molecule is COc1cc(C=CN(C)C)c([N+](=O)[O-])cc1I. The summed E-state index contributed by atoms with van der Waals surface area (Å²) >= 11 is 2.01. The van der Waals surface area contributed by atoms with Crippen molar-refractivity contribution in [1.29, 1.82) is 0 Å². The van der Waals surface area contributed by atoms with Crippen molar-refractivity contribution in [2.24, 2.45) is 0 Å². The highest BCUT2D eigenvalue weighted by atomic mass is 127. The third-order valence-electron chi connectivity index (χ3n) is 2.05. The van der Waals surface area contributed by atoms with Crippen LogP contribution in [0.3, 0.4) is 0 Å². The second-order valence-electron chi connectivity index (χ2n) is 3.58. The first-order valence-corrected chi connectivity index (χ1v) is 5.90. The third kappa shape index (κ3) is 3.58. The van der Waals surface area contributed by atoms with Crippen molar-refractivity contribution in [3.63, 3.8) is 0 Å². The van der Waals surface area contributed by atoms with Gasteiger partial charge in [0.1, 0.15) is 5.75 Å². The van der Waals surface area contributed by atoms with Gasteiger partial charge < -0.3 is 9.64 Å². The summed E-state index contributed by atoms with van der Waals surface area (Å²) in [5.41, 5.74) is 0.606. The van der Waals surface area contributed by atoms with Gasteiger partial charge in [0.05, 0.1) is 21.2 Å². The Morgan fingerprint density at radius 3 is 2.59 bits per heavy atom. The maximum absolute atomic E-state index is 10.9. The van der Waals surface area contributed by atoms with Gasteiger partial charge in [0.15, 0.2) is 0 Å². The second-order valence-corrected chi connectivity index (χ2v) is 4.74. The maximum Gasteiger partial charge on any atom is 0.277 e. The zero-order valence-electron chi connectivity index (χ0n) is 9.81. The highest BCUT2D eigenvalue weighted by Crippen LogP contribution is 2.30. The Hall–Kier alpha value is -1.31. The molecule has 5 nitrogen and oxygen atoms in total. The summed E-state index contributed by atoms with van der Waals surface area (Å²) in [6.45, 7) is 0. The van der Waals surface area contributed by atoms with Crippen molar-refractivity contribution in [1.82, 2.24) is 4.90 Å². The number of nitro groups is 1. The van der Waals surface area contributed by atoms with E-state index in [-0.39, 0.29) is 5.69 Å². The lowest BCUT2D eigenvalue weighted by atomic mass is 10.1. The van der Waals surface area contributed by atoms with Crippen molar-refractivity contribution in [3.8, 4) is 5.75 Å². The first-order chi connectivity index (χ1) is 7.95. The molecule has 92 valence electrons. The Balaban J connectivity index is 3.29. The maximum atomic E-state index is 10.9. The Morgan fingerprint density at radius 1 is 1.47 bits per heavy atom. The normalized spacial score (nSPS) is 10.6. The summed E-state index contributed by atoms with van der Waals surface area (Å²) in [5, 5.41) is 10.9. The quantitative estimate of drug-likeness (QED) is 0.477. The van der Waals surface area contributed by atoms with E-state index in [1.807, 2.05) is 41.6 Å². The van der Waals surface area contributed by atoms with E-state index in [0.29, 0.717) is 11.3 Å². The van der Waals surface area contributed by atoms with Gasteiger partial charge in [-0.3, -0.25) is 10.1 Å². The van der Waals surface area contributed by atoms with Crippen LogP contribution in [0, 0.1) is 13.7 Å². The number of nitro benzene ring substituents is 1. The molecule has 6 heteroatoms. The topological polar surface area (TPSA) is 55.6 Å². The minimum atomic E-state index is -0.392. The van der Waals surface area contributed by atoms with E-state index in [0.717, 1.165) is 3.57 Å². The average Bonchev–Trinajstić information content (AvgIpc) is 2.26. The molecule has 0 saturated heterocycles. The number of benzene rings is 1. The molecule has 1 aromatic rings. The fraction of sp³-hybridized carbons (Fsp3) is 0.273. The molecule has 0 aromatic heterocycles. The molecular weight excluding hydrogens is 335 g/mol. The summed E-state index contributed by atoms with van der Waals surface area (Å²) < 4.78 is 5.87. The molecule has 0 aliphatic carbocycles. The third-order valence-corrected chi connectivity index (χ3v) is 2.89. The molecule has 0 spiro atoms. The number of rotatable bonds is 4. The van der Waals surface area contributed by atoms with E-state index < -0.39 is 4.92 Å². The lowest BCUT2D eigenvalue weighted by Crippen LogP contribution is -2.01. The number of methoxy groups -OCH3 is 1. The Kier molecular flexibility index (Phi) is 4.73. The van der Waals surface area contributed by atoms with Crippen LogP contribution in [0.5, 0.6) is 5.75 Å². The van der Waals surface area contributed by atoms with Gasteiger partial charge >= 0.3 is 0 Å². The first kappa shape index (κ1) is 13.8. The first-order valence-electron chi connectivity index (χ1n) is 4.82. The van der Waals surface area contributed by atoms with E-state index in [1.54, 1.807) is 25.5 Å². The lowest BCUT2D eigenvalue weighted by Gasteiger charge is -2.07. The van der Waals surface area contributed by atoms with E-state index >= 15 is 0 Å². The van der Waals surface area contributed by atoms with Crippen LogP contribution in [0.1, 0.15) is 5.56 Å². The zero-order valence-corrected chi connectivity index (χ0v) is 12.0. The Morgan fingerprint density at radius 2 is 2.12 bits per heavy atom. The molecule has 1 aromatic carbocycles. The molecule has 0 N–H and O–H groups in total. The highest BCUT2D eigenvalue weighted by Gasteiger charge is 2.15. The Labute approximate surface area is 113 Å². The van der Waals surface area contributed by atoms with Gasteiger partial charge in [-0.15, -0.1) is 0 Å². The molecule has 0 aliphatic heterocycles. The van der Waals surface area contributed by atoms with Crippen LogP contribution >= 0.6 is 22.6 Å². The van der Waals surface area contributed by atoms with Crippen molar-refractivity contribution >= 4 is 34.4 Å². The van der Waals surface area contributed by atoms with Gasteiger partial charge in [-0.2, -0.15) is 0 Å². The fourth-order valence-electron chi connectivity index (χ4n) is 1.24. The van der Waals surface area contributed by atoms with Crippen molar-refractivity contribution in [2.75, 3.05) is 21.2 Å². The van der Waals surface area contributed by atoms with Gasteiger partial charge in [-0.05, 0) is 40.9 Å². The molecule has 0 bridgehead atoms. The number of ether oxygens (including phenoxy) is 1. The second kappa shape index (κ2) is 5.85. The zero-order chi connectivity index (χ0) is 13.0. The van der Waals surface area contributed by atoms with Crippen LogP contribution in [0.25, 0.3) is 6.08 Å². The minimum Gasteiger partial charge on any atom is -0.496 e. The smallest absolute Gasteiger partial charge is 0.277 e. The predicted octanol–water partition coefficient (Wildman–Crippen LogP) is 2.74. The Bertz CT molecular complexity index is 458. The average molecular weight is 348 g/mol.